The first-order valence-corrected chi connectivity index (χ1v) is 10.4. The summed E-state index contributed by atoms with van der Waals surface area (Å²) in [7, 11) is 0. The normalized spacial score (nSPS) is 14.5. The first kappa shape index (κ1) is 21.2. The van der Waals surface area contributed by atoms with Crippen molar-refractivity contribution in [2.24, 2.45) is 0 Å². The molecule has 1 N–H and O–H groups in total. The summed E-state index contributed by atoms with van der Waals surface area (Å²) in [5, 5.41) is 1.25. The third-order valence-corrected chi connectivity index (χ3v) is 4.94. The lowest BCUT2D eigenvalue weighted by molar-refractivity contribution is -0.117. The summed E-state index contributed by atoms with van der Waals surface area (Å²) in [6, 6.07) is 24.2. The molecule has 4 rings (SSSR count). The maximum atomic E-state index is 12.6. The van der Waals surface area contributed by atoms with E-state index in [-0.39, 0.29) is 11.5 Å². The number of ether oxygens (including phenoxy) is 2. The molecule has 2 amide bonds. The van der Waals surface area contributed by atoms with Crippen molar-refractivity contribution in [1.29, 1.82) is 0 Å². The van der Waals surface area contributed by atoms with Crippen molar-refractivity contribution in [3.05, 3.63) is 95.6 Å². The van der Waals surface area contributed by atoms with Crippen LogP contribution in [0.15, 0.2) is 84.4 Å². The van der Waals surface area contributed by atoms with Gasteiger partial charge in [0.05, 0.1) is 18.9 Å². The summed E-state index contributed by atoms with van der Waals surface area (Å²) in [4.78, 5) is 24.9. The monoisotopic (exact) mass is 428 g/mol. The van der Waals surface area contributed by atoms with Gasteiger partial charge in [-0.2, -0.15) is 0 Å². The van der Waals surface area contributed by atoms with Crippen LogP contribution in [0.4, 0.5) is 5.69 Å². The molecule has 32 heavy (non-hydrogen) atoms. The van der Waals surface area contributed by atoms with Gasteiger partial charge in [-0.1, -0.05) is 48.0 Å². The summed E-state index contributed by atoms with van der Waals surface area (Å²) >= 11 is 0. The molecule has 1 saturated heterocycles. The van der Waals surface area contributed by atoms with E-state index in [1.807, 2.05) is 73.7 Å². The number of aryl methyl sites for hydroxylation is 1. The Morgan fingerprint density at radius 3 is 2.03 bits per heavy atom. The molecular formula is C26H24N2O4. The first-order valence-electron chi connectivity index (χ1n) is 10.4. The zero-order valence-electron chi connectivity index (χ0n) is 17.8. The Labute approximate surface area is 187 Å². The molecule has 0 bridgehead atoms. The molecule has 0 saturated carbocycles. The van der Waals surface area contributed by atoms with Crippen molar-refractivity contribution in [3.8, 4) is 11.5 Å². The van der Waals surface area contributed by atoms with E-state index in [0.29, 0.717) is 18.9 Å². The van der Waals surface area contributed by atoms with Gasteiger partial charge in [0.1, 0.15) is 17.1 Å². The van der Waals surface area contributed by atoms with Gasteiger partial charge in [-0.05, 0) is 55.0 Å². The van der Waals surface area contributed by atoms with Crippen LogP contribution in [0.1, 0.15) is 17.5 Å². The van der Waals surface area contributed by atoms with Crippen molar-refractivity contribution in [2.75, 3.05) is 18.2 Å². The standard InChI is InChI=1S/C26H24N2O4/c1-19-8-12-22(13-9-19)31-16-5-17-32-23-14-10-20(11-15-23)18-24-25(29)27-28(26(24)30)21-6-3-2-4-7-21/h2-4,6-15,18H,5,16-17H2,1H3,(H,27,29)/b24-18-. The first-order chi connectivity index (χ1) is 15.6. The summed E-state index contributed by atoms with van der Waals surface area (Å²) in [5.41, 5.74) is 5.25. The fourth-order valence-corrected chi connectivity index (χ4v) is 3.22. The second-order valence-corrected chi connectivity index (χ2v) is 7.41. The van der Waals surface area contributed by atoms with Gasteiger partial charge in [-0.15, -0.1) is 0 Å². The molecule has 0 radical (unpaired) electrons. The van der Waals surface area contributed by atoms with Crippen molar-refractivity contribution >= 4 is 23.6 Å². The molecule has 1 aliphatic rings. The Morgan fingerprint density at radius 2 is 1.41 bits per heavy atom. The Morgan fingerprint density at radius 1 is 0.812 bits per heavy atom. The van der Waals surface area contributed by atoms with Gasteiger partial charge in [0.2, 0.25) is 0 Å². The molecule has 1 aliphatic heterocycles. The maximum Gasteiger partial charge on any atom is 0.282 e. The van der Waals surface area contributed by atoms with E-state index in [2.05, 4.69) is 5.43 Å². The number of amides is 2. The van der Waals surface area contributed by atoms with Gasteiger partial charge in [0.25, 0.3) is 11.8 Å². The highest BCUT2D eigenvalue weighted by Gasteiger charge is 2.34. The topological polar surface area (TPSA) is 67.9 Å². The molecule has 1 heterocycles. The van der Waals surface area contributed by atoms with Crippen LogP contribution in [0, 0.1) is 6.92 Å². The molecule has 1 fully saturated rings. The summed E-state index contributed by atoms with van der Waals surface area (Å²) in [6.45, 7) is 3.14. The van der Waals surface area contributed by atoms with E-state index >= 15 is 0 Å². The third kappa shape index (κ3) is 5.16. The molecule has 162 valence electrons. The van der Waals surface area contributed by atoms with Gasteiger partial charge in [-0.3, -0.25) is 15.0 Å². The maximum absolute atomic E-state index is 12.6. The summed E-state index contributed by atoms with van der Waals surface area (Å²) in [6.07, 6.45) is 2.34. The van der Waals surface area contributed by atoms with E-state index in [9.17, 15) is 9.59 Å². The lowest BCUT2D eigenvalue weighted by atomic mass is 10.1. The Bertz CT molecular complexity index is 1110. The average Bonchev–Trinajstić information content (AvgIpc) is 3.10. The van der Waals surface area contributed by atoms with E-state index in [1.54, 1.807) is 18.2 Å². The number of hydrogen-bond donors (Lipinski definition) is 1. The number of hydrazine groups is 1. The number of para-hydroxylation sites is 1. The third-order valence-electron chi connectivity index (χ3n) is 4.94. The van der Waals surface area contributed by atoms with E-state index < -0.39 is 5.91 Å². The van der Waals surface area contributed by atoms with Crippen molar-refractivity contribution in [1.82, 2.24) is 5.43 Å². The summed E-state index contributed by atoms with van der Waals surface area (Å²) in [5.74, 6) is 0.766. The minimum atomic E-state index is -0.423. The molecule has 6 heteroatoms. The smallest absolute Gasteiger partial charge is 0.282 e. The molecule has 0 unspecified atom stereocenters. The van der Waals surface area contributed by atoms with Crippen molar-refractivity contribution in [3.63, 3.8) is 0 Å². The minimum Gasteiger partial charge on any atom is -0.493 e. The number of benzene rings is 3. The number of nitrogens with zero attached hydrogens (tertiary/aromatic N) is 1. The second kappa shape index (κ2) is 9.83. The van der Waals surface area contributed by atoms with E-state index in [0.717, 1.165) is 23.5 Å². The highest BCUT2D eigenvalue weighted by Crippen LogP contribution is 2.22. The molecule has 3 aromatic carbocycles. The highest BCUT2D eigenvalue weighted by atomic mass is 16.5. The average molecular weight is 428 g/mol. The molecule has 6 nitrogen and oxygen atoms in total. The van der Waals surface area contributed by atoms with Gasteiger partial charge in [0.15, 0.2) is 0 Å². The Hall–Kier alpha value is -4.06. The zero-order chi connectivity index (χ0) is 22.3. The van der Waals surface area contributed by atoms with Crippen LogP contribution in [0.2, 0.25) is 0 Å². The Balaban J connectivity index is 1.28. The number of anilines is 1. The number of hydrogen-bond acceptors (Lipinski definition) is 4. The molecule has 0 aliphatic carbocycles. The zero-order valence-corrected chi connectivity index (χ0v) is 17.8. The van der Waals surface area contributed by atoms with Crippen LogP contribution in [-0.2, 0) is 9.59 Å². The largest absolute Gasteiger partial charge is 0.493 e. The predicted molar refractivity (Wildman–Crippen MR) is 123 cm³/mol. The molecule has 0 aromatic heterocycles. The van der Waals surface area contributed by atoms with Crippen LogP contribution >= 0.6 is 0 Å². The van der Waals surface area contributed by atoms with Crippen LogP contribution in [0.3, 0.4) is 0 Å². The van der Waals surface area contributed by atoms with Crippen LogP contribution in [0.25, 0.3) is 6.08 Å². The van der Waals surface area contributed by atoms with E-state index in [1.165, 1.54) is 10.6 Å². The number of carbonyl (C=O) groups is 2. The number of nitrogens with one attached hydrogen (secondary N) is 1. The van der Waals surface area contributed by atoms with Crippen molar-refractivity contribution in [2.45, 2.75) is 13.3 Å². The molecule has 0 atom stereocenters. The van der Waals surface area contributed by atoms with Gasteiger partial charge in [-0.25, -0.2) is 5.01 Å². The van der Waals surface area contributed by atoms with Gasteiger partial charge >= 0.3 is 0 Å². The number of rotatable bonds is 8. The Kier molecular flexibility index (Phi) is 6.51. The minimum absolute atomic E-state index is 0.0933. The van der Waals surface area contributed by atoms with Gasteiger partial charge in [0, 0.05) is 6.42 Å². The fourth-order valence-electron chi connectivity index (χ4n) is 3.22. The van der Waals surface area contributed by atoms with Crippen LogP contribution in [-0.4, -0.2) is 25.0 Å². The highest BCUT2D eigenvalue weighted by molar-refractivity contribution is 6.31. The molecule has 3 aromatic rings. The van der Waals surface area contributed by atoms with Crippen LogP contribution < -0.4 is 19.9 Å². The predicted octanol–water partition coefficient (Wildman–Crippen LogP) is 4.30. The van der Waals surface area contributed by atoms with Gasteiger partial charge < -0.3 is 9.47 Å². The second-order valence-electron chi connectivity index (χ2n) is 7.41. The van der Waals surface area contributed by atoms with Crippen LogP contribution in [0.5, 0.6) is 11.5 Å². The molecular weight excluding hydrogens is 404 g/mol. The van der Waals surface area contributed by atoms with E-state index in [4.69, 9.17) is 9.47 Å². The SMILES string of the molecule is Cc1ccc(OCCCOc2ccc(/C=C3/C(=O)NN(c4ccccc4)C3=O)cc2)cc1. The van der Waals surface area contributed by atoms with Crippen molar-refractivity contribution < 1.29 is 19.1 Å². The lowest BCUT2D eigenvalue weighted by Crippen LogP contribution is -2.35. The summed E-state index contributed by atoms with van der Waals surface area (Å²) < 4.78 is 11.4. The fraction of sp³-hybridized carbons (Fsp3) is 0.154. The lowest BCUT2D eigenvalue weighted by Gasteiger charge is -2.13. The molecule has 0 spiro atoms. The quantitative estimate of drug-likeness (QED) is 0.330. The number of carbonyl (C=O) groups excluding carboxylic acids is 2.